The summed E-state index contributed by atoms with van der Waals surface area (Å²) in [7, 11) is 0. The Morgan fingerprint density at radius 1 is 1.18 bits per heavy atom. The van der Waals surface area contributed by atoms with Crippen LogP contribution in [0.4, 0.5) is 0 Å². The van der Waals surface area contributed by atoms with E-state index in [0.29, 0.717) is 6.54 Å². The van der Waals surface area contributed by atoms with E-state index in [-0.39, 0.29) is 49.1 Å². The van der Waals surface area contributed by atoms with Crippen LogP contribution in [0.3, 0.4) is 0 Å². The number of rotatable bonds is 7. The molecule has 0 aliphatic carbocycles. The fraction of sp³-hybridized carbons (Fsp3) is 0.846. The lowest BCUT2D eigenvalue weighted by Gasteiger charge is -2.26. The van der Waals surface area contributed by atoms with Crippen LogP contribution in [-0.2, 0) is 14.3 Å². The van der Waals surface area contributed by atoms with E-state index < -0.39 is 6.04 Å². The van der Waals surface area contributed by atoms with E-state index in [1.54, 1.807) is 0 Å². The maximum Gasteiger partial charge on any atom is 0.239 e. The van der Waals surface area contributed by atoms with Gasteiger partial charge < -0.3 is 21.1 Å². The van der Waals surface area contributed by atoms with E-state index in [4.69, 9.17) is 10.5 Å². The van der Waals surface area contributed by atoms with Crippen molar-refractivity contribution in [2.24, 2.45) is 11.7 Å². The average molecular weight is 359 g/mol. The highest BCUT2D eigenvalue weighted by Crippen LogP contribution is 1.97. The lowest BCUT2D eigenvalue weighted by molar-refractivity contribution is -0.127. The largest absolute Gasteiger partial charge is 0.379 e. The first kappa shape index (κ1) is 23.7. The zero-order chi connectivity index (χ0) is 15.0. The number of nitrogens with zero attached hydrogens (tertiary/aromatic N) is 1. The highest BCUT2D eigenvalue weighted by atomic mass is 35.5. The normalized spacial score (nSPS) is 16.2. The predicted octanol–water partition coefficient (Wildman–Crippen LogP) is -0.622. The minimum absolute atomic E-state index is 0. The van der Waals surface area contributed by atoms with Crippen molar-refractivity contribution in [2.75, 3.05) is 45.9 Å². The molecule has 0 unspecified atom stereocenters. The van der Waals surface area contributed by atoms with Gasteiger partial charge in [0.2, 0.25) is 11.8 Å². The number of carbonyl (C=O) groups is 2. The molecule has 4 N–H and O–H groups in total. The van der Waals surface area contributed by atoms with Crippen LogP contribution in [0.2, 0.25) is 0 Å². The third kappa shape index (κ3) is 9.42. The van der Waals surface area contributed by atoms with Crippen molar-refractivity contribution in [1.82, 2.24) is 15.5 Å². The molecule has 0 bridgehead atoms. The van der Waals surface area contributed by atoms with Gasteiger partial charge in [-0.05, 0) is 5.92 Å². The smallest absolute Gasteiger partial charge is 0.239 e. The van der Waals surface area contributed by atoms with Crippen LogP contribution in [0.5, 0.6) is 0 Å². The molecule has 22 heavy (non-hydrogen) atoms. The summed E-state index contributed by atoms with van der Waals surface area (Å²) >= 11 is 0. The number of amides is 2. The number of ether oxygens (including phenoxy) is 1. The fourth-order valence-corrected chi connectivity index (χ4v) is 1.83. The molecule has 7 nitrogen and oxygen atoms in total. The highest BCUT2D eigenvalue weighted by molar-refractivity contribution is 5.87. The maximum atomic E-state index is 11.6. The second kappa shape index (κ2) is 12.9. The van der Waals surface area contributed by atoms with Crippen LogP contribution in [0.1, 0.15) is 13.8 Å². The van der Waals surface area contributed by atoms with Crippen LogP contribution < -0.4 is 16.4 Å². The Kier molecular flexibility index (Phi) is 13.9. The van der Waals surface area contributed by atoms with Gasteiger partial charge in [0, 0.05) is 26.2 Å². The maximum absolute atomic E-state index is 11.6. The standard InChI is InChI=1S/C13H26N4O3.2ClH/c1-10(2)12(14)13(19)16-9-11(18)15-3-4-17-5-7-20-8-6-17;;/h10,12H,3-9,14H2,1-2H3,(H,15,18)(H,16,19);2*1H/t12-;;/m0../s1. The first-order chi connectivity index (χ1) is 9.50. The summed E-state index contributed by atoms with van der Waals surface area (Å²) in [6.07, 6.45) is 0. The summed E-state index contributed by atoms with van der Waals surface area (Å²) in [6, 6.07) is -0.573. The Bertz CT molecular complexity index is 326. The zero-order valence-corrected chi connectivity index (χ0v) is 14.8. The van der Waals surface area contributed by atoms with Crippen molar-refractivity contribution in [1.29, 1.82) is 0 Å². The lowest BCUT2D eigenvalue weighted by atomic mass is 10.1. The van der Waals surface area contributed by atoms with Crippen molar-refractivity contribution in [3.8, 4) is 0 Å². The number of halogens is 2. The Morgan fingerprint density at radius 2 is 1.77 bits per heavy atom. The van der Waals surface area contributed by atoms with Crippen LogP contribution in [0, 0.1) is 5.92 Å². The third-order valence-corrected chi connectivity index (χ3v) is 3.30. The molecule has 132 valence electrons. The van der Waals surface area contributed by atoms with Gasteiger partial charge in [0.25, 0.3) is 0 Å². The molecule has 1 fully saturated rings. The van der Waals surface area contributed by atoms with Gasteiger partial charge in [-0.15, -0.1) is 24.8 Å². The molecule has 1 saturated heterocycles. The van der Waals surface area contributed by atoms with Gasteiger partial charge in [-0.3, -0.25) is 14.5 Å². The van der Waals surface area contributed by atoms with Crippen LogP contribution in [0.15, 0.2) is 0 Å². The third-order valence-electron chi connectivity index (χ3n) is 3.30. The number of nitrogens with two attached hydrogens (primary N) is 1. The van der Waals surface area contributed by atoms with E-state index >= 15 is 0 Å². The molecule has 2 amide bonds. The van der Waals surface area contributed by atoms with Crippen molar-refractivity contribution in [3.63, 3.8) is 0 Å². The Hall–Kier alpha value is -0.600. The van der Waals surface area contributed by atoms with E-state index in [1.807, 2.05) is 13.8 Å². The highest BCUT2D eigenvalue weighted by Gasteiger charge is 2.17. The van der Waals surface area contributed by atoms with Gasteiger partial charge in [0.05, 0.1) is 25.8 Å². The van der Waals surface area contributed by atoms with Crippen molar-refractivity contribution in [3.05, 3.63) is 0 Å². The molecule has 0 aromatic rings. The number of carbonyl (C=O) groups excluding carboxylic acids is 2. The fourth-order valence-electron chi connectivity index (χ4n) is 1.83. The summed E-state index contributed by atoms with van der Waals surface area (Å²) in [6.45, 7) is 8.38. The molecular weight excluding hydrogens is 331 g/mol. The molecular formula is C13H28Cl2N4O3. The predicted molar refractivity (Wildman–Crippen MR) is 90.6 cm³/mol. The van der Waals surface area contributed by atoms with E-state index in [0.717, 1.165) is 32.8 Å². The van der Waals surface area contributed by atoms with Crippen LogP contribution in [0.25, 0.3) is 0 Å². The van der Waals surface area contributed by atoms with Gasteiger partial charge in [0.1, 0.15) is 0 Å². The summed E-state index contributed by atoms with van der Waals surface area (Å²) in [5.74, 6) is -0.426. The van der Waals surface area contributed by atoms with Crippen molar-refractivity contribution >= 4 is 36.6 Å². The van der Waals surface area contributed by atoms with Crippen LogP contribution in [-0.4, -0.2) is 68.7 Å². The zero-order valence-electron chi connectivity index (χ0n) is 13.2. The van der Waals surface area contributed by atoms with Gasteiger partial charge in [0.15, 0.2) is 0 Å². The van der Waals surface area contributed by atoms with Crippen LogP contribution >= 0.6 is 24.8 Å². The molecule has 0 aromatic carbocycles. The molecule has 0 spiro atoms. The number of hydrogen-bond acceptors (Lipinski definition) is 5. The topological polar surface area (TPSA) is 96.7 Å². The molecule has 1 rings (SSSR count). The molecule has 1 atom stereocenters. The van der Waals surface area contributed by atoms with Crippen molar-refractivity contribution < 1.29 is 14.3 Å². The van der Waals surface area contributed by atoms with E-state index in [1.165, 1.54) is 0 Å². The molecule has 1 aliphatic rings. The summed E-state index contributed by atoms with van der Waals surface area (Å²) in [5, 5.41) is 5.32. The Morgan fingerprint density at radius 3 is 2.32 bits per heavy atom. The second-order valence-electron chi connectivity index (χ2n) is 5.29. The first-order valence-corrected chi connectivity index (χ1v) is 7.10. The number of hydrogen-bond donors (Lipinski definition) is 3. The van der Waals surface area contributed by atoms with Gasteiger partial charge in [-0.1, -0.05) is 13.8 Å². The minimum Gasteiger partial charge on any atom is -0.379 e. The molecule has 0 aromatic heterocycles. The SMILES string of the molecule is CC(C)[C@H](N)C(=O)NCC(=O)NCCN1CCOCC1.Cl.Cl. The van der Waals surface area contributed by atoms with E-state index in [2.05, 4.69) is 15.5 Å². The summed E-state index contributed by atoms with van der Waals surface area (Å²) in [5.41, 5.74) is 5.68. The molecule has 1 heterocycles. The lowest BCUT2D eigenvalue weighted by Crippen LogP contribution is -2.48. The van der Waals surface area contributed by atoms with E-state index in [9.17, 15) is 9.59 Å². The second-order valence-corrected chi connectivity index (χ2v) is 5.29. The number of morpholine rings is 1. The minimum atomic E-state index is -0.573. The quantitative estimate of drug-likeness (QED) is 0.563. The Balaban J connectivity index is 0. The summed E-state index contributed by atoms with van der Waals surface area (Å²) in [4.78, 5) is 25.4. The van der Waals surface area contributed by atoms with Gasteiger partial charge >= 0.3 is 0 Å². The Labute approximate surface area is 144 Å². The number of nitrogens with one attached hydrogen (secondary N) is 2. The first-order valence-electron chi connectivity index (χ1n) is 7.10. The molecule has 0 saturated carbocycles. The molecule has 1 aliphatic heterocycles. The van der Waals surface area contributed by atoms with Gasteiger partial charge in [-0.25, -0.2) is 0 Å². The monoisotopic (exact) mass is 358 g/mol. The average Bonchev–Trinajstić information content (AvgIpc) is 2.45. The summed E-state index contributed by atoms with van der Waals surface area (Å²) < 4.78 is 5.25. The molecule has 0 radical (unpaired) electrons. The van der Waals surface area contributed by atoms with Gasteiger partial charge in [-0.2, -0.15) is 0 Å². The molecule has 9 heteroatoms. The van der Waals surface area contributed by atoms with Crippen molar-refractivity contribution in [2.45, 2.75) is 19.9 Å².